The second kappa shape index (κ2) is 4.79. The lowest BCUT2D eigenvalue weighted by atomic mass is 9.84. The molecule has 1 aromatic heterocycles. The largest absolute Gasteiger partial charge is 0.389 e. The standard InChI is InChI=1S/C12H22N2O/c1-5-12(15,10(3)4)9-11-13-7-8-14(11)6-2/h7-8,10,15H,5-6,9H2,1-4H3. The zero-order valence-electron chi connectivity index (χ0n) is 10.2. The van der Waals surface area contributed by atoms with E-state index >= 15 is 0 Å². The summed E-state index contributed by atoms with van der Waals surface area (Å²) in [5, 5.41) is 10.4. The Balaban J connectivity index is 2.83. The van der Waals surface area contributed by atoms with Gasteiger partial charge in [-0.25, -0.2) is 4.98 Å². The quantitative estimate of drug-likeness (QED) is 0.809. The van der Waals surface area contributed by atoms with Crippen LogP contribution >= 0.6 is 0 Å². The van der Waals surface area contributed by atoms with E-state index in [2.05, 4.69) is 30.3 Å². The van der Waals surface area contributed by atoms with Gasteiger partial charge in [-0.1, -0.05) is 20.8 Å². The Hall–Kier alpha value is -0.830. The second-order valence-electron chi connectivity index (χ2n) is 4.42. The highest BCUT2D eigenvalue weighted by atomic mass is 16.3. The molecular formula is C12H22N2O. The van der Waals surface area contributed by atoms with Gasteiger partial charge in [-0.05, 0) is 19.3 Å². The Morgan fingerprint density at radius 1 is 1.47 bits per heavy atom. The number of aryl methyl sites for hydroxylation is 1. The molecule has 0 aliphatic heterocycles. The molecule has 0 radical (unpaired) electrons. The third kappa shape index (κ3) is 2.59. The van der Waals surface area contributed by atoms with Gasteiger partial charge >= 0.3 is 0 Å². The summed E-state index contributed by atoms with van der Waals surface area (Å²) in [6, 6.07) is 0. The fourth-order valence-corrected chi connectivity index (χ4v) is 1.81. The smallest absolute Gasteiger partial charge is 0.111 e. The van der Waals surface area contributed by atoms with Crippen LogP contribution in [0.4, 0.5) is 0 Å². The van der Waals surface area contributed by atoms with Crippen LogP contribution in [0.5, 0.6) is 0 Å². The lowest BCUT2D eigenvalue weighted by molar-refractivity contribution is -0.0106. The van der Waals surface area contributed by atoms with Crippen molar-refractivity contribution in [1.82, 2.24) is 9.55 Å². The molecule has 0 amide bonds. The van der Waals surface area contributed by atoms with Crippen molar-refractivity contribution in [3.63, 3.8) is 0 Å². The highest BCUT2D eigenvalue weighted by molar-refractivity contribution is 4.99. The molecule has 1 aromatic rings. The van der Waals surface area contributed by atoms with E-state index in [0.717, 1.165) is 18.8 Å². The summed E-state index contributed by atoms with van der Waals surface area (Å²) in [4.78, 5) is 4.31. The zero-order valence-corrected chi connectivity index (χ0v) is 10.2. The Bertz CT molecular complexity index is 306. The summed E-state index contributed by atoms with van der Waals surface area (Å²) in [5.41, 5.74) is -0.627. The molecular weight excluding hydrogens is 188 g/mol. The predicted molar refractivity (Wildman–Crippen MR) is 61.7 cm³/mol. The summed E-state index contributed by atoms with van der Waals surface area (Å²) in [6.07, 6.45) is 5.17. The molecule has 1 rings (SSSR count). The van der Waals surface area contributed by atoms with Crippen LogP contribution in [0.25, 0.3) is 0 Å². The maximum absolute atomic E-state index is 10.4. The molecule has 0 saturated carbocycles. The average molecular weight is 210 g/mol. The Morgan fingerprint density at radius 3 is 2.60 bits per heavy atom. The monoisotopic (exact) mass is 210 g/mol. The number of rotatable bonds is 5. The molecule has 0 aromatic carbocycles. The summed E-state index contributed by atoms with van der Waals surface area (Å²) >= 11 is 0. The van der Waals surface area contributed by atoms with Gasteiger partial charge < -0.3 is 9.67 Å². The fraction of sp³-hybridized carbons (Fsp3) is 0.750. The second-order valence-corrected chi connectivity index (χ2v) is 4.42. The Morgan fingerprint density at radius 2 is 2.13 bits per heavy atom. The van der Waals surface area contributed by atoms with Crippen LogP contribution in [-0.4, -0.2) is 20.3 Å². The van der Waals surface area contributed by atoms with E-state index < -0.39 is 5.60 Å². The third-order valence-corrected chi connectivity index (χ3v) is 3.29. The number of imidazole rings is 1. The van der Waals surface area contributed by atoms with Crippen LogP contribution in [0.15, 0.2) is 12.4 Å². The summed E-state index contributed by atoms with van der Waals surface area (Å²) in [7, 11) is 0. The van der Waals surface area contributed by atoms with Crippen molar-refractivity contribution in [3.05, 3.63) is 18.2 Å². The van der Waals surface area contributed by atoms with E-state index in [1.807, 2.05) is 13.1 Å². The number of aliphatic hydroxyl groups is 1. The predicted octanol–water partition coefficient (Wildman–Crippen LogP) is 2.24. The normalized spacial score (nSPS) is 15.6. The van der Waals surface area contributed by atoms with Crippen molar-refractivity contribution in [1.29, 1.82) is 0 Å². The molecule has 1 unspecified atom stereocenters. The summed E-state index contributed by atoms with van der Waals surface area (Å²) < 4.78 is 2.09. The van der Waals surface area contributed by atoms with E-state index in [1.54, 1.807) is 6.20 Å². The molecule has 0 fully saturated rings. The van der Waals surface area contributed by atoms with E-state index in [9.17, 15) is 5.11 Å². The van der Waals surface area contributed by atoms with E-state index in [0.29, 0.717) is 6.42 Å². The Labute approximate surface area is 92.1 Å². The van der Waals surface area contributed by atoms with Gasteiger partial charge in [0.25, 0.3) is 0 Å². The van der Waals surface area contributed by atoms with Gasteiger partial charge in [-0.3, -0.25) is 0 Å². The SMILES string of the molecule is CCn1ccnc1CC(O)(CC)C(C)C. The van der Waals surface area contributed by atoms with Gasteiger partial charge in [0.05, 0.1) is 5.60 Å². The zero-order chi connectivity index (χ0) is 11.5. The number of aromatic nitrogens is 2. The van der Waals surface area contributed by atoms with Gasteiger partial charge in [0, 0.05) is 25.4 Å². The Kier molecular flexibility index (Phi) is 3.91. The molecule has 15 heavy (non-hydrogen) atoms. The fourth-order valence-electron chi connectivity index (χ4n) is 1.81. The first kappa shape index (κ1) is 12.2. The van der Waals surface area contributed by atoms with Gasteiger partial charge in [-0.2, -0.15) is 0 Å². The topological polar surface area (TPSA) is 38.0 Å². The number of hydrogen-bond donors (Lipinski definition) is 1. The molecule has 0 spiro atoms. The molecule has 86 valence electrons. The third-order valence-electron chi connectivity index (χ3n) is 3.29. The molecule has 0 bridgehead atoms. The average Bonchev–Trinajstić information content (AvgIpc) is 2.64. The van der Waals surface area contributed by atoms with Gasteiger partial charge in [0.2, 0.25) is 0 Å². The van der Waals surface area contributed by atoms with E-state index in [1.165, 1.54) is 0 Å². The molecule has 1 heterocycles. The minimum absolute atomic E-state index is 0.254. The van der Waals surface area contributed by atoms with Crippen LogP contribution in [0.3, 0.4) is 0 Å². The summed E-state index contributed by atoms with van der Waals surface area (Å²) in [5.74, 6) is 1.24. The first-order valence-corrected chi connectivity index (χ1v) is 5.76. The molecule has 3 nitrogen and oxygen atoms in total. The van der Waals surface area contributed by atoms with Crippen molar-refractivity contribution in [2.45, 2.75) is 52.7 Å². The lowest BCUT2D eigenvalue weighted by Crippen LogP contribution is -2.37. The first-order chi connectivity index (χ1) is 7.03. The maximum Gasteiger partial charge on any atom is 0.111 e. The molecule has 0 aliphatic rings. The molecule has 1 N–H and O–H groups in total. The highest BCUT2D eigenvalue weighted by Crippen LogP contribution is 2.25. The van der Waals surface area contributed by atoms with Crippen molar-refractivity contribution in [2.75, 3.05) is 0 Å². The van der Waals surface area contributed by atoms with Crippen LogP contribution in [0, 0.1) is 5.92 Å². The van der Waals surface area contributed by atoms with Gasteiger partial charge in [-0.15, -0.1) is 0 Å². The minimum Gasteiger partial charge on any atom is -0.389 e. The van der Waals surface area contributed by atoms with Gasteiger partial charge in [0.15, 0.2) is 0 Å². The number of nitrogens with zero attached hydrogens (tertiary/aromatic N) is 2. The van der Waals surface area contributed by atoms with Crippen LogP contribution in [-0.2, 0) is 13.0 Å². The molecule has 3 heteroatoms. The molecule has 0 saturated heterocycles. The van der Waals surface area contributed by atoms with E-state index in [-0.39, 0.29) is 5.92 Å². The van der Waals surface area contributed by atoms with Crippen LogP contribution < -0.4 is 0 Å². The van der Waals surface area contributed by atoms with Crippen LogP contribution in [0.1, 0.15) is 39.9 Å². The molecule has 0 aliphatic carbocycles. The van der Waals surface area contributed by atoms with Crippen molar-refractivity contribution in [2.24, 2.45) is 5.92 Å². The van der Waals surface area contributed by atoms with Crippen molar-refractivity contribution < 1.29 is 5.11 Å². The maximum atomic E-state index is 10.4. The van der Waals surface area contributed by atoms with Crippen molar-refractivity contribution in [3.8, 4) is 0 Å². The first-order valence-electron chi connectivity index (χ1n) is 5.76. The highest BCUT2D eigenvalue weighted by Gasteiger charge is 2.30. The summed E-state index contributed by atoms with van der Waals surface area (Å²) in [6.45, 7) is 9.14. The van der Waals surface area contributed by atoms with Gasteiger partial charge in [0.1, 0.15) is 5.82 Å². The lowest BCUT2D eigenvalue weighted by Gasteiger charge is -2.30. The minimum atomic E-state index is -0.627. The van der Waals surface area contributed by atoms with Crippen molar-refractivity contribution >= 4 is 0 Å². The van der Waals surface area contributed by atoms with Crippen LogP contribution in [0.2, 0.25) is 0 Å². The molecule has 1 atom stereocenters. The van der Waals surface area contributed by atoms with E-state index in [4.69, 9.17) is 0 Å². The number of hydrogen-bond acceptors (Lipinski definition) is 2.